The first-order valence-corrected chi connectivity index (χ1v) is 12.3. The molecule has 7 aromatic rings. The lowest BCUT2D eigenvalue weighted by molar-refractivity contribution is 0.487. The fourth-order valence-electron chi connectivity index (χ4n) is 5.75. The summed E-state index contributed by atoms with van der Waals surface area (Å²) < 4.78 is 8.64. The third-order valence-corrected chi connectivity index (χ3v) is 7.40. The van der Waals surface area contributed by atoms with E-state index in [9.17, 15) is 0 Å². The smallest absolute Gasteiger partial charge is 0.135 e. The van der Waals surface area contributed by atoms with E-state index in [1.807, 2.05) is 0 Å². The Hall–Kier alpha value is -4.82. The maximum absolute atomic E-state index is 6.29. The lowest BCUT2D eigenvalue weighted by Gasteiger charge is -2.22. The van der Waals surface area contributed by atoms with E-state index in [0.29, 0.717) is 0 Å². The van der Waals surface area contributed by atoms with Gasteiger partial charge in [0.2, 0.25) is 0 Å². The number of hydrogen-bond acceptors (Lipinski definition) is 1. The zero-order valence-corrected chi connectivity index (χ0v) is 19.5. The van der Waals surface area contributed by atoms with Crippen molar-refractivity contribution in [2.45, 2.75) is 0 Å². The van der Waals surface area contributed by atoms with Crippen LogP contribution in [-0.2, 0) is 0 Å². The Bertz CT molecular complexity index is 1900. The molecule has 8 rings (SSSR count). The summed E-state index contributed by atoms with van der Waals surface area (Å²) in [5.41, 5.74) is 8.36. The van der Waals surface area contributed by atoms with E-state index in [1.165, 1.54) is 49.3 Å². The molecule has 0 radical (unpaired) electrons. The Morgan fingerprint density at radius 2 is 1.14 bits per heavy atom. The van der Waals surface area contributed by atoms with Crippen molar-refractivity contribution in [2.24, 2.45) is 0 Å². The van der Waals surface area contributed by atoms with Crippen LogP contribution in [0.5, 0.6) is 11.5 Å². The second-order valence-corrected chi connectivity index (χ2v) is 9.39. The topological polar surface area (TPSA) is 14.2 Å². The van der Waals surface area contributed by atoms with E-state index in [2.05, 4.69) is 132 Å². The van der Waals surface area contributed by atoms with Gasteiger partial charge in [-0.15, -0.1) is 0 Å². The first-order chi connectivity index (χ1) is 17.8. The summed E-state index contributed by atoms with van der Waals surface area (Å²) in [6.45, 7) is 0. The second kappa shape index (κ2) is 7.34. The minimum Gasteiger partial charge on any atom is -0.456 e. The largest absolute Gasteiger partial charge is 0.456 e. The zero-order chi connectivity index (χ0) is 23.6. The first-order valence-electron chi connectivity index (χ1n) is 12.3. The van der Waals surface area contributed by atoms with E-state index in [0.717, 1.165) is 22.7 Å². The molecular weight excluding hydrogens is 438 g/mol. The Kier molecular flexibility index (Phi) is 3.97. The summed E-state index contributed by atoms with van der Waals surface area (Å²) in [7, 11) is 0. The van der Waals surface area contributed by atoms with E-state index in [-0.39, 0.29) is 0 Å². The molecule has 0 aliphatic carbocycles. The summed E-state index contributed by atoms with van der Waals surface area (Å²) in [4.78, 5) is 0. The number of ether oxygens (including phenoxy) is 1. The van der Waals surface area contributed by atoms with Crippen LogP contribution < -0.4 is 4.74 Å². The van der Waals surface area contributed by atoms with Gasteiger partial charge in [0.05, 0.1) is 11.0 Å². The molecule has 1 aliphatic heterocycles. The normalized spacial score (nSPS) is 12.1. The van der Waals surface area contributed by atoms with Crippen molar-refractivity contribution in [3.8, 4) is 39.4 Å². The Balaban J connectivity index is 1.25. The van der Waals surface area contributed by atoms with Crippen LogP contribution in [0.15, 0.2) is 127 Å². The summed E-state index contributed by atoms with van der Waals surface area (Å²) in [6.07, 6.45) is 0. The maximum atomic E-state index is 6.29. The van der Waals surface area contributed by atoms with Gasteiger partial charge in [-0.2, -0.15) is 0 Å². The molecular formula is C34H21NO. The Labute approximate surface area is 208 Å². The SMILES string of the molecule is c1cc2c3c(cccc3c1)-c1cc(-c3ccc(-n4c5ccccc5c5ccccc54)cc3)ccc1O2. The maximum Gasteiger partial charge on any atom is 0.135 e. The number of fused-ring (bicyclic) bond motifs is 5. The second-order valence-electron chi connectivity index (χ2n) is 9.39. The van der Waals surface area contributed by atoms with E-state index >= 15 is 0 Å². The fourth-order valence-corrected chi connectivity index (χ4v) is 5.75. The van der Waals surface area contributed by atoms with E-state index in [4.69, 9.17) is 4.74 Å². The number of para-hydroxylation sites is 2. The quantitative estimate of drug-likeness (QED) is 0.251. The molecule has 0 fully saturated rings. The third kappa shape index (κ3) is 2.73. The highest BCUT2D eigenvalue weighted by atomic mass is 16.5. The van der Waals surface area contributed by atoms with Crippen molar-refractivity contribution in [1.29, 1.82) is 0 Å². The van der Waals surface area contributed by atoms with Crippen LogP contribution in [0, 0.1) is 0 Å². The molecule has 2 heteroatoms. The third-order valence-electron chi connectivity index (χ3n) is 7.40. The highest BCUT2D eigenvalue weighted by Gasteiger charge is 2.20. The lowest BCUT2D eigenvalue weighted by atomic mass is 9.92. The molecule has 2 nitrogen and oxygen atoms in total. The minimum absolute atomic E-state index is 0.909. The zero-order valence-electron chi connectivity index (χ0n) is 19.5. The summed E-state index contributed by atoms with van der Waals surface area (Å²) >= 11 is 0. The monoisotopic (exact) mass is 459 g/mol. The van der Waals surface area contributed by atoms with Crippen LogP contribution in [0.2, 0.25) is 0 Å². The molecule has 0 saturated heterocycles. The number of hydrogen-bond donors (Lipinski definition) is 0. The highest BCUT2D eigenvalue weighted by molar-refractivity contribution is 6.09. The van der Waals surface area contributed by atoms with E-state index < -0.39 is 0 Å². The molecule has 0 bridgehead atoms. The van der Waals surface area contributed by atoms with Gasteiger partial charge in [0, 0.05) is 27.4 Å². The average molecular weight is 460 g/mol. The van der Waals surface area contributed by atoms with E-state index in [1.54, 1.807) is 0 Å². The van der Waals surface area contributed by atoms with Crippen LogP contribution >= 0.6 is 0 Å². The summed E-state index contributed by atoms with van der Waals surface area (Å²) in [5, 5.41) is 4.95. The van der Waals surface area contributed by atoms with Crippen LogP contribution in [0.1, 0.15) is 0 Å². The molecule has 0 saturated carbocycles. The summed E-state index contributed by atoms with van der Waals surface area (Å²) in [6, 6.07) is 45.4. The van der Waals surface area contributed by atoms with Gasteiger partial charge in [-0.05, 0) is 64.5 Å². The van der Waals surface area contributed by atoms with Gasteiger partial charge in [0.15, 0.2) is 0 Å². The summed E-state index contributed by atoms with van der Waals surface area (Å²) in [5.74, 6) is 1.84. The molecule has 36 heavy (non-hydrogen) atoms. The van der Waals surface area contributed by atoms with Crippen molar-refractivity contribution in [1.82, 2.24) is 4.57 Å². The molecule has 0 atom stereocenters. The van der Waals surface area contributed by atoms with Gasteiger partial charge >= 0.3 is 0 Å². The molecule has 1 aliphatic rings. The molecule has 2 heterocycles. The minimum atomic E-state index is 0.909. The van der Waals surface area contributed by atoms with Gasteiger partial charge in [-0.3, -0.25) is 0 Å². The van der Waals surface area contributed by atoms with Crippen molar-refractivity contribution in [3.63, 3.8) is 0 Å². The predicted octanol–water partition coefficient (Wildman–Crippen LogP) is 9.38. The van der Waals surface area contributed by atoms with Crippen molar-refractivity contribution in [3.05, 3.63) is 127 Å². The average Bonchev–Trinajstić information content (AvgIpc) is 3.28. The highest BCUT2D eigenvalue weighted by Crippen LogP contribution is 2.47. The van der Waals surface area contributed by atoms with Crippen LogP contribution in [0.4, 0.5) is 0 Å². The lowest BCUT2D eigenvalue weighted by Crippen LogP contribution is -1.97. The standard InChI is InChI=1S/C34H21NO/c1-3-12-30-26(9-1)27-10-2-4-13-31(27)35(30)25-18-15-22(16-19-25)24-17-20-32-29(21-24)28-11-5-7-23-8-6-14-33(36-32)34(23)28/h1-21H. The number of nitrogens with zero attached hydrogens (tertiary/aromatic N) is 1. The van der Waals surface area contributed by atoms with Gasteiger partial charge < -0.3 is 9.30 Å². The Morgan fingerprint density at radius 3 is 1.89 bits per heavy atom. The Morgan fingerprint density at radius 1 is 0.472 bits per heavy atom. The van der Waals surface area contributed by atoms with Crippen molar-refractivity contribution < 1.29 is 4.74 Å². The van der Waals surface area contributed by atoms with Gasteiger partial charge in [0.25, 0.3) is 0 Å². The first kappa shape index (κ1) is 19.5. The molecule has 0 spiro atoms. The number of rotatable bonds is 2. The van der Waals surface area contributed by atoms with Crippen LogP contribution in [0.3, 0.4) is 0 Å². The molecule has 6 aromatic carbocycles. The number of aromatic nitrogens is 1. The molecule has 0 amide bonds. The predicted molar refractivity (Wildman–Crippen MR) is 149 cm³/mol. The fraction of sp³-hybridized carbons (Fsp3) is 0. The van der Waals surface area contributed by atoms with Gasteiger partial charge in [-0.1, -0.05) is 84.9 Å². The van der Waals surface area contributed by atoms with Crippen LogP contribution in [-0.4, -0.2) is 4.57 Å². The van der Waals surface area contributed by atoms with Gasteiger partial charge in [0.1, 0.15) is 11.5 Å². The van der Waals surface area contributed by atoms with Crippen molar-refractivity contribution in [2.75, 3.05) is 0 Å². The molecule has 168 valence electrons. The van der Waals surface area contributed by atoms with Gasteiger partial charge in [-0.25, -0.2) is 0 Å². The number of benzene rings is 6. The van der Waals surface area contributed by atoms with Crippen LogP contribution in [0.25, 0.3) is 60.5 Å². The molecule has 0 N–H and O–H groups in total. The van der Waals surface area contributed by atoms with Crippen molar-refractivity contribution >= 4 is 32.6 Å². The molecule has 0 unspecified atom stereocenters. The molecule has 1 aromatic heterocycles.